The molecule has 2 aromatic rings. The van der Waals surface area contributed by atoms with Crippen molar-refractivity contribution >= 4 is 11.7 Å². The number of aryl methyl sites for hydroxylation is 1. The maximum absolute atomic E-state index is 12.5. The number of anilines is 1. The van der Waals surface area contributed by atoms with E-state index in [1.165, 1.54) is 0 Å². The number of carbonyl (C=O) groups excluding carboxylic acids is 1. The molecule has 2 aliphatic heterocycles. The quantitative estimate of drug-likeness (QED) is 0.885. The van der Waals surface area contributed by atoms with Gasteiger partial charge in [0.2, 0.25) is 5.91 Å². The molecule has 23 heavy (non-hydrogen) atoms. The van der Waals surface area contributed by atoms with Gasteiger partial charge in [-0.2, -0.15) is 0 Å². The number of carbonyl (C=O) groups is 1. The van der Waals surface area contributed by atoms with Crippen LogP contribution in [0.3, 0.4) is 0 Å². The summed E-state index contributed by atoms with van der Waals surface area (Å²) in [6.45, 7) is 3.17. The molecule has 1 atom stereocenters. The fourth-order valence-electron chi connectivity index (χ4n) is 3.48. The second-order valence-electron chi connectivity index (χ2n) is 6.17. The molecule has 4 rings (SSSR count). The van der Waals surface area contributed by atoms with Crippen molar-refractivity contribution in [3.63, 3.8) is 0 Å². The summed E-state index contributed by atoms with van der Waals surface area (Å²) < 4.78 is 12.9. The predicted molar refractivity (Wildman–Crippen MR) is 82.7 cm³/mol. The number of fused-ring (bicyclic) bond motifs is 1. The second kappa shape index (κ2) is 5.42. The lowest BCUT2D eigenvalue weighted by molar-refractivity contribution is -0.116. The number of hydrogen-bond donors (Lipinski definition) is 2. The fraction of sp³-hybridized carbons (Fsp3) is 0.500. The van der Waals surface area contributed by atoms with Gasteiger partial charge in [-0.1, -0.05) is 0 Å². The summed E-state index contributed by atoms with van der Waals surface area (Å²) in [7, 11) is 0. The standard InChI is InChI=1S/C16H19N3O4/c1-9-2-3-12(23-9)11-8-13(20)17-15-14(11)16(21)18-19(15)10-4-6-22-7-5-10/h2-3,10-11H,4-8H2,1H3,(H,17,20)(H,18,21)/t11-/m1/s1. The lowest BCUT2D eigenvalue weighted by Gasteiger charge is -2.27. The van der Waals surface area contributed by atoms with E-state index in [9.17, 15) is 9.59 Å². The Bertz CT molecular complexity index is 795. The van der Waals surface area contributed by atoms with Crippen LogP contribution >= 0.6 is 0 Å². The summed E-state index contributed by atoms with van der Waals surface area (Å²) in [4.78, 5) is 24.7. The third-order valence-electron chi connectivity index (χ3n) is 4.62. The Labute approximate surface area is 132 Å². The number of amides is 1. The first-order valence-electron chi connectivity index (χ1n) is 7.92. The molecule has 0 unspecified atom stereocenters. The molecule has 2 N–H and O–H groups in total. The molecule has 1 fully saturated rings. The van der Waals surface area contributed by atoms with Gasteiger partial charge in [-0.25, -0.2) is 0 Å². The molecule has 7 heteroatoms. The summed E-state index contributed by atoms with van der Waals surface area (Å²) in [6, 6.07) is 3.83. The molecule has 2 aromatic heterocycles. The maximum atomic E-state index is 12.5. The van der Waals surface area contributed by atoms with Crippen molar-refractivity contribution in [3.8, 4) is 0 Å². The zero-order valence-electron chi connectivity index (χ0n) is 12.9. The van der Waals surface area contributed by atoms with Crippen LogP contribution in [0, 0.1) is 6.92 Å². The Morgan fingerprint density at radius 2 is 2.00 bits per heavy atom. The van der Waals surface area contributed by atoms with Gasteiger partial charge in [0.1, 0.15) is 17.3 Å². The van der Waals surface area contributed by atoms with Gasteiger partial charge in [-0.3, -0.25) is 19.4 Å². The van der Waals surface area contributed by atoms with Gasteiger partial charge in [0.05, 0.1) is 17.5 Å². The average molecular weight is 317 g/mol. The van der Waals surface area contributed by atoms with Crippen molar-refractivity contribution in [2.24, 2.45) is 0 Å². The van der Waals surface area contributed by atoms with Gasteiger partial charge in [-0.15, -0.1) is 0 Å². The summed E-state index contributed by atoms with van der Waals surface area (Å²) in [5.74, 6) is 1.58. The average Bonchev–Trinajstić information content (AvgIpc) is 3.12. The van der Waals surface area contributed by atoms with E-state index in [-0.39, 0.29) is 29.8 Å². The Hall–Kier alpha value is -2.28. The first-order chi connectivity index (χ1) is 11.1. The number of H-pyrrole nitrogens is 1. The Morgan fingerprint density at radius 3 is 2.70 bits per heavy atom. The van der Waals surface area contributed by atoms with E-state index in [0.717, 1.165) is 18.6 Å². The van der Waals surface area contributed by atoms with E-state index in [4.69, 9.17) is 9.15 Å². The Morgan fingerprint density at radius 1 is 1.22 bits per heavy atom. The van der Waals surface area contributed by atoms with Crippen molar-refractivity contribution in [2.75, 3.05) is 18.5 Å². The number of aromatic amines is 1. The molecule has 0 spiro atoms. The van der Waals surface area contributed by atoms with Crippen LogP contribution in [-0.2, 0) is 9.53 Å². The molecule has 0 aliphatic carbocycles. The SMILES string of the molecule is Cc1ccc([C@H]2CC(=O)Nc3c2c(=O)[nH]n3C2CCOCC2)o1. The van der Waals surface area contributed by atoms with Crippen molar-refractivity contribution in [1.82, 2.24) is 9.78 Å². The van der Waals surface area contributed by atoms with Gasteiger partial charge in [-0.05, 0) is 31.9 Å². The van der Waals surface area contributed by atoms with Gasteiger partial charge in [0.15, 0.2) is 0 Å². The lowest BCUT2D eigenvalue weighted by Crippen LogP contribution is -2.28. The van der Waals surface area contributed by atoms with Gasteiger partial charge in [0, 0.05) is 19.6 Å². The van der Waals surface area contributed by atoms with Gasteiger partial charge >= 0.3 is 0 Å². The monoisotopic (exact) mass is 317 g/mol. The maximum Gasteiger partial charge on any atom is 0.270 e. The van der Waals surface area contributed by atoms with Crippen LogP contribution in [0.25, 0.3) is 0 Å². The van der Waals surface area contributed by atoms with Gasteiger partial charge < -0.3 is 14.5 Å². The Balaban J connectivity index is 1.80. The molecule has 1 saturated heterocycles. The van der Waals surface area contributed by atoms with E-state index in [1.54, 1.807) is 4.68 Å². The van der Waals surface area contributed by atoms with E-state index in [0.29, 0.717) is 30.4 Å². The Kier molecular flexibility index (Phi) is 3.37. The summed E-state index contributed by atoms with van der Waals surface area (Å²) >= 11 is 0. The van der Waals surface area contributed by atoms with E-state index >= 15 is 0 Å². The van der Waals surface area contributed by atoms with Gasteiger partial charge in [0.25, 0.3) is 5.56 Å². The van der Waals surface area contributed by atoms with Crippen LogP contribution < -0.4 is 10.9 Å². The highest BCUT2D eigenvalue weighted by Crippen LogP contribution is 2.37. The molecule has 0 bridgehead atoms. The molecular formula is C16H19N3O4. The van der Waals surface area contributed by atoms with Crippen LogP contribution in [0.15, 0.2) is 21.3 Å². The van der Waals surface area contributed by atoms with Crippen molar-refractivity contribution in [1.29, 1.82) is 0 Å². The van der Waals surface area contributed by atoms with Crippen LogP contribution in [0.5, 0.6) is 0 Å². The minimum atomic E-state index is -0.336. The number of aromatic nitrogens is 2. The van der Waals surface area contributed by atoms with Crippen LogP contribution in [0.2, 0.25) is 0 Å². The van der Waals surface area contributed by atoms with E-state index in [2.05, 4.69) is 10.4 Å². The zero-order valence-corrected chi connectivity index (χ0v) is 12.9. The molecule has 7 nitrogen and oxygen atoms in total. The number of hydrogen-bond acceptors (Lipinski definition) is 4. The number of rotatable bonds is 2. The first-order valence-corrected chi connectivity index (χ1v) is 7.92. The molecule has 0 radical (unpaired) electrons. The minimum absolute atomic E-state index is 0.101. The molecule has 4 heterocycles. The van der Waals surface area contributed by atoms with Crippen LogP contribution in [-0.4, -0.2) is 28.9 Å². The number of ether oxygens (including phenoxy) is 1. The van der Waals surface area contributed by atoms with Crippen molar-refractivity contribution < 1.29 is 13.9 Å². The summed E-state index contributed by atoms with van der Waals surface area (Å²) in [6.07, 6.45) is 1.86. The van der Waals surface area contributed by atoms with E-state index < -0.39 is 0 Å². The normalized spacial score (nSPS) is 22.0. The zero-order chi connectivity index (χ0) is 16.0. The minimum Gasteiger partial charge on any atom is -0.466 e. The molecule has 2 aliphatic rings. The van der Waals surface area contributed by atoms with Crippen molar-refractivity contribution in [2.45, 2.75) is 38.1 Å². The lowest BCUT2D eigenvalue weighted by atomic mass is 9.91. The molecule has 1 amide bonds. The number of furan rings is 1. The molecule has 0 aromatic carbocycles. The van der Waals surface area contributed by atoms with Crippen molar-refractivity contribution in [3.05, 3.63) is 39.6 Å². The highest BCUT2D eigenvalue weighted by molar-refractivity contribution is 5.94. The smallest absolute Gasteiger partial charge is 0.270 e. The highest BCUT2D eigenvalue weighted by atomic mass is 16.5. The molecule has 122 valence electrons. The third kappa shape index (κ3) is 2.41. The largest absolute Gasteiger partial charge is 0.466 e. The number of nitrogens with zero attached hydrogens (tertiary/aromatic N) is 1. The summed E-state index contributed by atoms with van der Waals surface area (Å²) in [5.41, 5.74) is 0.427. The second-order valence-corrected chi connectivity index (χ2v) is 6.17. The highest BCUT2D eigenvalue weighted by Gasteiger charge is 2.35. The topological polar surface area (TPSA) is 89.3 Å². The third-order valence-corrected chi connectivity index (χ3v) is 4.62. The van der Waals surface area contributed by atoms with Crippen LogP contribution in [0.4, 0.5) is 5.82 Å². The van der Waals surface area contributed by atoms with E-state index in [1.807, 2.05) is 19.1 Å². The molecular weight excluding hydrogens is 298 g/mol. The first kappa shape index (κ1) is 14.3. The summed E-state index contributed by atoms with van der Waals surface area (Å²) in [5, 5.41) is 5.76. The van der Waals surface area contributed by atoms with Crippen LogP contribution in [0.1, 0.15) is 48.3 Å². The molecule has 0 saturated carbocycles. The predicted octanol–water partition coefficient (Wildman–Crippen LogP) is 1.90. The fourth-order valence-corrected chi connectivity index (χ4v) is 3.48. The number of nitrogens with one attached hydrogen (secondary N) is 2.